The van der Waals surface area contributed by atoms with Crippen LogP contribution in [0.15, 0.2) is 52.7 Å². The van der Waals surface area contributed by atoms with Gasteiger partial charge in [0.2, 0.25) is 0 Å². The van der Waals surface area contributed by atoms with Gasteiger partial charge in [0, 0.05) is 48.3 Å². The summed E-state index contributed by atoms with van der Waals surface area (Å²) in [5.74, 6) is 0.983. The summed E-state index contributed by atoms with van der Waals surface area (Å²) in [5, 5.41) is 4.96. The first kappa shape index (κ1) is 23.7. The smallest absolute Gasteiger partial charge is 0.284 e. The summed E-state index contributed by atoms with van der Waals surface area (Å²) in [6, 6.07) is 11.1. The number of nitrogens with zero attached hydrogens (tertiary/aromatic N) is 1. The number of amides is 1. The van der Waals surface area contributed by atoms with E-state index in [0.29, 0.717) is 34.6 Å². The highest BCUT2D eigenvalue weighted by atomic mass is 32.2. The molecule has 3 aromatic rings. The SMILES string of the molecule is COC[C@H](C)Oc1cc(NC(=O)c2nc(C)cs2)cc(Oc2ccc(S(C)(=O)=O)cc2)c1. The molecule has 8 nitrogen and oxygen atoms in total. The number of benzene rings is 2. The Morgan fingerprint density at radius 2 is 1.81 bits per heavy atom. The van der Waals surface area contributed by atoms with E-state index < -0.39 is 9.84 Å². The highest BCUT2D eigenvalue weighted by molar-refractivity contribution is 7.90. The first-order chi connectivity index (χ1) is 15.1. The Bertz CT molecular complexity index is 1190. The Morgan fingerprint density at radius 3 is 2.41 bits per heavy atom. The lowest BCUT2D eigenvalue weighted by Crippen LogP contribution is -2.18. The number of aryl methyl sites for hydroxylation is 1. The van der Waals surface area contributed by atoms with Crippen molar-refractivity contribution >= 4 is 32.8 Å². The summed E-state index contributed by atoms with van der Waals surface area (Å²) >= 11 is 1.26. The molecule has 1 N–H and O–H groups in total. The van der Waals surface area contributed by atoms with Gasteiger partial charge in [0.15, 0.2) is 14.8 Å². The van der Waals surface area contributed by atoms with Crippen molar-refractivity contribution in [1.82, 2.24) is 4.98 Å². The lowest BCUT2D eigenvalue weighted by atomic mass is 10.2. The molecular formula is C22H24N2O6S2. The predicted octanol–water partition coefficient (Wildman–Crippen LogP) is 4.31. The van der Waals surface area contributed by atoms with Crippen LogP contribution in [0, 0.1) is 6.92 Å². The number of thiazole rings is 1. The molecule has 0 saturated heterocycles. The van der Waals surface area contributed by atoms with Crippen LogP contribution in [-0.4, -0.2) is 45.4 Å². The van der Waals surface area contributed by atoms with Crippen LogP contribution in [0.3, 0.4) is 0 Å². The third kappa shape index (κ3) is 6.52. The molecule has 1 atom stereocenters. The second-order valence-electron chi connectivity index (χ2n) is 7.17. The molecule has 0 saturated carbocycles. The highest BCUT2D eigenvalue weighted by Crippen LogP contribution is 2.31. The van der Waals surface area contributed by atoms with Gasteiger partial charge in [-0.1, -0.05) is 0 Å². The molecular weight excluding hydrogens is 452 g/mol. The maximum Gasteiger partial charge on any atom is 0.284 e. The Labute approximate surface area is 191 Å². The quantitative estimate of drug-likeness (QED) is 0.491. The molecule has 32 heavy (non-hydrogen) atoms. The van der Waals surface area contributed by atoms with E-state index >= 15 is 0 Å². The zero-order valence-corrected chi connectivity index (χ0v) is 19.7. The van der Waals surface area contributed by atoms with Crippen LogP contribution in [0.4, 0.5) is 5.69 Å². The van der Waals surface area contributed by atoms with Gasteiger partial charge >= 0.3 is 0 Å². The second-order valence-corrected chi connectivity index (χ2v) is 10.0. The van der Waals surface area contributed by atoms with Crippen LogP contribution < -0.4 is 14.8 Å². The Hall–Kier alpha value is -2.95. The van der Waals surface area contributed by atoms with Crippen molar-refractivity contribution in [2.24, 2.45) is 0 Å². The van der Waals surface area contributed by atoms with E-state index in [0.717, 1.165) is 11.9 Å². The van der Waals surface area contributed by atoms with Crippen molar-refractivity contribution in [3.05, 3.63) is 58.5 Å². The van der Waals surface area contributed by atoms with Gasteiger partial charge in [-0.15, -0.1) is 11.3 Å². The largest absolute Gasteiger partial charge is 0.488 e. The lowest BCUT2D eigenvalue weighted by molar-refractivity contribution is 0.0920. The molecule has 1 amide bonds. The van der Waals surface area contributed by atoms with Gasteiger partial charge in [0.25, 0.3) is 5.91 Å². The molecule has 0 unspecified atom stereocenters. The molecule has 3 rings (SSSR count). The van der Waals surface area contributed by atoms with Gasteiger partial charge in [-0.05, 0) is 38.1 Å². The molecule has 1 aromatic heterocycles. The number of aromatic nitrogens is 1. The third-order valence-electron chi connectivity index (χ3n) is 4.18. The lowest BCUT2D eigenvalue weighted by Gasteiger charge is -2.16. The summed E-state index contributed by atoms with van der Waals surface area (Å²) in [7, 11) is -1.72. The van der Waals surface area contributed by atoms with E-state index in [2.05, 4.69) is 10.3 Å². The number of nitrogens with one attached hydrogen (secondary N) is 1. The number of carbonyl (C=O) groups excluding carboxylic acids is 1. The number of hydrogen-bond acceptors (Lipinski definition) is 8. The maximum absolute atomic E-state index is 12.5. The zero-order valence-electron chi connectivity index (χ0n) is 18.1. The average molecular weight is 477 g/mol. The molecule has 2 aromatic carbocycles. The normalized spacial score (nSPS) is 12.2. The molecule has 1 heterocycles. The predicted molar refractivity (Wildman–Crippen MR) is 123 cm³/mol. The fourth-order valence-electron chi connectivity index (χ4n) is 2.81. The maximum atomic E-state index is 12.5. The van der Waals surface area contributed by atoms with Crippen LogP contribution in [0.2, 0.25) is 0 Å². The molecule has 0 aliphatic rings. The summed E-state index contributed by atoms with van der Waals surface area (Å²) < 4.78 is 40.2. The summed E-state index contributed by atoms with van der Waals surface area (Å²) in [6.07, 6.45) is 0.915. The van der Waals surface area contributed by atoms with E-state index in [9.17, 15) is 13.2 Å². The Kier molecular flexibility index (Phi) is 7.49. The number of rotatable bonds is 9. The molecule has 10 heteroatoms. The highest BCUT2D eigenvalue weighted by Gasteiger charge is 2.14. The van der Waals surface area contributed by atoms with E-state index in [4.69, 9.17) is 14.2 Å². The molecule has 0 fully saturated rings. The van der Waals surface area contributed by atoms with Crippen molar-refractivity contribution in [2.75, 3.05) is 25.3 Å². The van der Waals surface area contributed by atoms with Crippen LogP contribution in [0.1, 0.15) is 22.4 Å². The minimum atomic E-state index is -3.30. The van der Waals surface area contributed by atoms with Crippen LogP contribution >= 0.6 is 11.3 Å². The van der Waals surface area contributed by atoms with E-state index in [-0.39, 0.29) is 16.9 Å². The van der Waals surface area contributed by atoms with Crippen LogP contribution in [0.25, 0.3) is 0 Å². The van der Waals surface area contributed by atoms with Gasteiger partial charge in [0.1, 0.15) is 23.4 Å². The van der Waals surface area contributed by atoms with Crippen molar-refractivity contribution in [2.45, 2.75) is 24.8 Å². The molecule has 0 spiro atoms. The van der Waals surface area contributed by atoms with Gasteiger partial charge in [-0.3, -0.25) is 4.79 Å². The summed E-state index contributed by atoms with van der Waals surface area (Å²) in [4.78, 5) is 16.9. The molecule has 0 aliphatic heterocycles. The monoisotopic (exact) mass is 476 g/mol. The number of carbonyl (C=O) groups is 1. The second kappa shape index (κ2) is 10.1. The fourth-order valence-corrected chi connectivity index (χ4v) is 4.13. The van der Waals surface area contributed by atoms with Gasteiger partial charge in [-0.25, -0.2) is 13.4 Å². The molecule has 0 bridgehead atoms. The zero-order chi connectivity index (χ0) is 23.3. The van der Waals surface area contributed by atoms with Crippen molar-refractivity contribution in [1.29, 1.82) is 0 Å². The van der Waals surface area contributed by atoms with Crippen molar-refractivity contribution in [3.8, 4) is 17.2 Å². The van der Waals surface area contributed by atoms with Crippen LogP contribution in [0.5, 0.6) is 17.2 Å². The number of hydrogen-bond donors (Lipinski definition) is 1. The Morgan fingerprint density at radius 1 is 1.12 bits per heavy atom. The number of methoxy groups -OCH3 is 1. The van der Waals surface area contributed by atoms with Gasteiger partial charge in [-0.2, -0.15) is 0 Å². The molecule has 0 radical (unpaired) electrons. The first-order valence-corrected chi connectivity index (χ1v) is 12.4. The molecule has 170 valence electrons. The topological polar surface area (TPSA) is 104 Å². The van der Waals surface area contributed by atoms with E-state index in [1.165, 1.54) is 23.5 Å². The number of sulfone groups is 1. The minimum absolute atomic E-state index is 0.196. The number of ether oxygens (including phenoxy) is 3. The van der Waals surface area contributed by atoms with Crippen molar-refractivity contribution < 1.29 is 27.4 Å². The summed E-state index contributed by atoms with van der Waals surface area (Å²) in [5.41, 5.74) is 1.24. The van der Waals surface area contributed by atoms with Crippen LogP contribution in [-0.2, 0) is 14.6 Å². The van der Waals surface area contributed by atoms with Gasteiger partial charge < -0.3 is 19.5 Å². The first-order valence-electron chi connectivity index (χ1n) is 9.66. The average Bonchev–Trinajstić information content (AvgIpc) is 3.14. The fraction of sp³-hybridized carbons (Fsp3) is 0.273. The molecule has 0 aliphatic carbocycles. The van der Waals surface area contributed by atoms with E-state index in [1.54, 1.807) is 42.8 Å². The van der Waals surface area contributed by atoms with E-state index in [1.807, 2.05) is 13.8 Å². The minimum Gasteiger partial charge on any atom is -0.488 e. The summed E-state index contributed by atoms with van der Waals surface area (Å²) in [6.45, 7) is 4.07. The Balaban J connectivity index is 1.86. The van der Waals surface area contributed by atoms with Gasteiger partial charge in [0.05, 0.1) is 11.5 Å². The van der Waals surface area contributed by atoms with Crippen molar-refractivity contribution in [3.63, 3.8) is 0 Å². The standard InChI is InChI=1S/C22H24N2O6S2/c1-14-13-31-22(23-14)21(25)24-16-9-18(29-15(2)12-28-3)11-19(10-16)30-17-5-7-20(8-6-17)32(4,26)27/h5-11,13,15H,12H2,1-4H3,(H,24,25)/t15-/m0/s1. The third-order valence-corrected chi connectivity index (χ3v) is 6.26. The number of anilines is 1.